The predicted octanol–water partition coefficient (Wildman–Crippen LogP) is 4.63. The number of fused-ring (bicyclic) bond motifs is 1. The van der Waals surface area contributed by atoms with E-state index in [-0.39, 0.29) is 11.8 Å². The molecule has 3 aromatic carbocycles. The van der Waals surface area contributed by atoms with Gasteiger partial charge >= 0.3 is 0 Å². The van der Waals surface area contributed by atoms with E-state index in [0.29, 0.717) is 48.0 Å². The highest BCUT2D eigenvalue weighted by Gasteiger charge is 2.31. The van der Waals surface area contributed by atoms with E-state index in [0.717, 1.165) is 12.0 Å². The van der Waals surface area contributed by atoms with Gasteiger partial charge in [-0.25, -0.2) is 0 Å². The number of aryl methyl sites for hydroxylation is 1. The summed E-state index contributed by atoms with van der Waals surface area (Å²) in [5, 5.41) is 2.93. The molecule has 0 spiro atoms. The molecule has 182 valence electrons. The van der Waals surface area contributed by atoms with Crippen LogP contribution in [-0.4, -0.2) is 38.7 Å². The third-order valence-corrected chi connectivity index (χ3v) is 6.01. The van der Waals surface area contributed by atoms with Gasteiger partial charge in [-0.15, -0.1) is 0 Å². The minimum absolute atomic E-state index is 0.0693. The van der Waals surface area contributed by atoms with Gasteiger partial charge in [-0.2, -0.15) is 0 Å². The third kappa shape index (κ3) is 5.74. The van der Waals surface area contributed by atoms with Gasteiger partial charge < -0.3 is 24.4 Å². The number of ether oxygens (including phenoxy) is 3. The summed E-state index contributed by atoms with van der Waals surface area (Å²) in [5.41, 5.74) is 3.49. The number of hydrogen-bond donors (Lipinski definition) is 1. The molecule has 7 heteroatoms. The van der Waals surface area contributed by atoms with Crippen molar-refractivity contribution >= 4 is 23.2 Å². The van der Waals surface area contributed by atoms with Crippen molar-refractivity contribution < 1.29 is 23.8 Å². The molecule has 0 bridgehead atoms. The Morgan fingerprint density at radius 2 is 1.71 bits per heavy atom. The van der Waals surface area contributed by atoms with Crippen LogP contribution < -0.4 is 24.4 Å². The number of methoxy groups -OCH3 is 2. The Hall–Kier alpha value is -4.00. The zero-order valence-electron chi connectivity index (χ0n) is 20.2. The molecule has 4 rings (SSSR count). The van der Waals surface area contributed by atoms with Gasteiger partial charge in [-0.3, -0.25) is 9.59 Å². The first-order chi connectivity index (χ1) is 17.0. The summed E-state index contributed by atoms with van der Waals surface area (Å²) < 4.78 is 16.4. The van der Waals surface area contributed by atoms with Crippen LogP contribution in [0, 0.1) is 0 Å². The summed E-state index contributed by atoms with van der Waals surface area (Å²) in [6.07, 6.45) is 1.03. The lowest BCUT2D eigenvalue weighted by Gasteiger charge is -2.33. The van der Waals surface area contributed by atoms with Crippen molar-refractivity contribution in [1.29, 1.82) is 0 Å². The highest BCUT2D eigenvalue weighted by molar-refractivity contribution is 6.00. The average molecular weight is 475 g/mol. The standard InChI is InChI=1S/C28H30N2O5/c1-19-28(32)30(16-15-20-7-5-4-6-8-20)23-12-11-22(18-25(23)35-19)29-27(31)14-10-21-9-13-24(33-2)26(17-21)34-3/h4-9,11-13,17-19H,10,14-16H2,1-3H3,(H,29,31). The Morgan fingerprint density at radius 3 is 2.46 bits per heavy atom. The quantitative estimate of drug-likeness (QED) is 0.489. The molecule has 3 aromatic rings. The van der Waals surface area contributed by atoms with Crippen LogP contribution in [-0.2, 0) is 22.4 Å². The SMILES string of the molecule is COc1ccc(CCC(=O)Nc2ccc3c(c2)OC(C)C(=O)N3CCc2ccccc2)cc1OC. The molecule has 0 aromatic heterocycles. The molecule has 0 aliphatic carbocycles. The number of hydrogen-bond acceptors (Lipinski definition) is 5. The second-order valence-electron chi connectivity index (χ2n) is 8.41. The smallest absolute Gasteiger partial charge is 0.267 e. The van der Waals surface area contributed by atoms with Crippen LogP contribution in [0.25, 0.3) is 0 Å². The van der Waals surface area contributed by atoms with E-state index in [4.69, 9.17) is 14.2 Å². The first-order valence-electron chi connectivity index (χ1n) is 11.6. The molecule has 1 aliphatic heterocycles. The summed E-state index contributed by atoms with van der Waals surface area (Å²) in [5.74, 6) is 1.70. The number of nitrogens with zero attached hydrogens (tertiary/aromatic N) is 1. The van der Waals surface area contributed by atoms with Crippen LogP contribution in [0.1, 0.15) is 24.5 Å². The molecular weight excluding hydrogens is 444 g/mol. The number of carbonyl (C=O) groups excluding carboxylic acids is 2. The summed E-state index contributed by atoms with van der Waals surface area (Å²) >= 11 is 0. The van der Waals surface area contributed by atoms with E-state index in [1.165, 1.54) is 5.56 Å². The van der Waals surface area contributed by atoms with E-state index >= 15 is 0 Å². The summed E-state index contributed by atoms with van der Waals surface area (Å²) in [4.78, 5) is 27.2. The highest BCUT2D eigenvalue weighted by Crippen LogP contribution is 2.36. The van der Waals surface area contributed by atoms with Crippen molar-refractivity contribution in [3.63, 3.8) is 0 Å². The first kappa shape index (κ1) is 24.1. The highest BCUT2D eigenvalue weighted by atomic mass is 16.5. The monoisotopic (exact) mass is 474 g/mol. The summed E-state index contributed by atoms with van der Waals surface area (Å²) in [6, 6.07) is 21.1. The Labute approximate surface area is 205 Å². The molecule has 1 unspecified atom stereocenters. The largest absolute Gasteiger partial charge is 0.493 e. The lowest BCUT2D eigenvalue weighted by atomic mass is 10.1. The maximum absolute atomic E-state index is 12.8. The molecule has 1 N–H and O–H groups in total. The van der Waals surface area contributed by atoms with Crippen molar-refractivity contribution in [1.82, 2.24) is 0 Å². The fourth-order valence-corrected chi connectivity index (χ4v) is 4.12. The van der Waals surface area contributed by atoms with Gasteiger partial charge in [0.25, 0.3) is 5.91 Å². The molecule has 35 heavy (non-hydrogen) atoms. The molecule has 7 nitrogen and oxygen atoms in total. The fourth-order valence-electron chi connectivity index (χ4n) is 4.12. The molecule has 2 amide bonds. The van der Waals surface area contributed by atoms with E-state index in [1.807, 2.05) is 42.5 Å². The lowest BCUT2D eigenvalue weighted by molar-refractivity contribution is -0.125. The van der Waals surface area contributed by atoms with Gasteiger partial charge in [0.1, 0.15) is 5.75 Å². The zero-order valence-corrected chi connectivity index (χ0v) is 20.2. The second-order valence-corrected chi connectivity index (χ2v) is 8.41. The fraction of sp³-hybridized carbons (Fsp3) is 0.286. The molecule has 1 atom stereocenters. The molecule has 1 heterocycles. The zero-order chi connectivity index (χ0) is 24.8. The molecule has 1 aliphatic rings. The van der Waals surface area contributed by atoms with Crippen LogP contribution >= 0.6 is 0 Å². The van der Waals surface area contributed by atoms with Crippen molar-refractivity contribution in [3.8, 4) is 17.2 Å². The maximum atomic E-state index is 12.8. The average Bonchev–Trinajstić information content (AvgIpc) is 2.88. The molecule has 0 radical (unpaired) electrons. The van der Waals surface area contributed by atoms with Gasteiger partial charge in [0.2, 0.25) is 5.91 Å². The second kappa shape index (κ2) is 11.0. The van der Waals surface area contributed by atoms with E-state index in [2.05, 4.69) is 17.4 Å². The number of rotatable bonds is 9. The normalized spacial score (nSPS) is 14.7. The van der Waals surface area contributed by atoms with Gasteiger partial charge in [0, 0.05) is 24.7 Å². The number of anilines is 2. The lowest BCUT2D eigenvalue weighted by Crippen LogP contribution is -2.45. The van der Waals surface area contributed by atoms with Crippen molar-refractivity contribution in [3.05, 3.63) is 77.9 Å². The van der Waals surface area contributed by atoms with Crippen LogP contribution in [0.2, 0.25) is 0 Å². The van der Waals surface area contributed by atoms with E-state index in [1.54, 1.807) is 38.2 Å². The molecule has 0 saturated carbocycles. The van der Waals surface area contributed by atoms with Crippen molar-refractivity contribution in [2.75, 3.05) is 31.0 Å². The minimum atomic E-state index is -0.589. The van der Waals surface area contributed by atoms with E-state index in [9.17, 15) is 9.59 Å². The minimum Gasteiger partial charge on any atom is -0.493 e. The van der Waals surface area contributed by atoms with Crippen molar-refractivity contribution in [2.45, 2.75) is 32.3 Å². The third-order valence-electron chi connectivity index (χ3n) is 6.01. The Kier molecular flexibility index (Phi) is 7.55. The number of amides is 2. The molecule has 0 fully saturated rings. The van der Waals surface area contributed by atoms with E-state index < -0.39 is 6.10 Å². The van der Waals surface area contributed by atoms with Crippen LogP contribution in [0.15, 0.2) is 66.7 Å². The van der Waals surface area contributed by atoms with Crippen LogP contribution in [0.4, 0.5) is 11.4 Å². The summed E-state index contributed by atoms with van der Waals surface area (Å²) in [7, 11) is 3.18. The summed E-state index contributed by atoms with van der Waals surface area (Å²) in [6.45, 7) is 2.30. The van der Waals surface area contributed by atoms with Crippen LogP contribution in [0.3, 0.4) is 0 Å². The Bertz CT molecular complexity index is 1200. The molecule has 0 saturated heterocycles. The topological polar surface area (TPSA) is 77.1 Å². The number of carbonyl (C=O) groups is 2. The van der Waals surface area contributed by atoms with Crippen LogP contribution in [0.5, 0.6) is 17.2 Å². The molecular formula is C28H30N2O5. The Morgan fingerprint density at radius 1 is 0.943 bits per heavy atom. The predicted molar refractivity (Wildman–Crippen MR) is 136 cm³/mol. The maximum Gasteiger partial charge on any atom is 0.267 e. The van der Waals surface area contributed by atoms with Gasteiger partial charge in [-0.1, -0.05) is 36.4 Å². The number of benzene rings is 3. The van der Waals surface area contributed by atoms with Gasteiger partial charge in [-0.05, 0) is 55.2 Å². The van der Waals surface area contributed by atoms with Crippen molar-refractivity contribution in [2.24, 2.45) is 0 Å². The first-order valence-corrected chi connectivity index (χ1v) is 11.6. The van der Waals surface area contributed by atoms with Gasteiger partial charge in [0.05, 0.1) is 19.9 Å². The number of nitrogens with one attached hydrogen (secondary N) is 1. The van der Waals surface area contributed by atoms with Gasteiger partial charge in [0.15, 0.2) is 17.6 Å². The Balaban J connectivity index is 1.40.